The Balaban J connectivity index is 3.06. The van der Waals surface area contributed by atoms with Crippen LogP contribution in [0, 0.1) is 5.41 Å². The van der Waals surface area contributed by atoms with Gasteiger partial charge in [-0.05, 0) is 6.42 Å². The monoisotopic (exact) mass is 352 g/mol. The molecule has 0 aromatic heterocycles. The molecule has 0 aliphatic rings. The molecule has 1 nitrogen and oxygen atoms in total. The first-order valence-corrected chi connectivity index (χ1v) is 11.6. The number of rotatable bonds is 20. The van der Waals surface area contributed by atoms with Gasteiger partial charge in [-0.1, -0.05) is 136 Å². The lowest BCUT2D eigenvalue weighted by Gasteiger charge is -2.15. The smallest absolute Gasteiger partial charge is 0.125 e. The molecule has 0 amide bonds. The van der Waals surface area contributed by atoms with Crippen LogP contribution in [0.3, 0.4) is 0 Å². The molecule has 0 saturated heterocycles. The molecule has 0 aromatic rings. The zero-order valence-corrected chi connectivity index (χ0v) is 17.9. The third-order valence-electron chi connectivity index (χ3n) is 5.49. The van der Waals surface area contributed by atoms with Crippen molar-refractivity contribution < 1.29 is 4.79 Å². The zero-order chi connectivity index (χ0) is 18.6. The number of carbonyl (C=O) groups excluding carboxylic acids is 1. The lowest BCUT2D eigenvalue weighted by molar-refractivity contribution is -0.115. The van der Waals surface area contributed by atoms with E-state index in [1.165, 1.54) is 116 Å². The van der Waals surface area contributed by atoms with Crippen molar-refractivity contribution in [3.8, 4) is 0 Å². The maximum Gasteiger partial charge on any atom is 0.125 e. The predicted octanol–water partition coefficient (Wildman–Crippen LogP) is 8.64. The molecule has 0 N–H and O–H groups in total. The van der Waals surface area contributed by atoms with Crippen molar-refractivity contribution in [3.05, 3.63) is 0 Å². The van der Waals surface area contributed by atoms with E-state index >= 15 is 0 Å². The van der Waals surface area contributed by atoms with Crippen LogP contribution in [-0.2, 0) is 4.79 Å². The second-order valence-corrected chi connectivity index (χ2v) is 8.87. The number of aldehydes is 1. The number of hydrogen-bond donors (Lipinski definition) is 0. The van der Waals surface area contributed by atoms with Gasteiger partial charge < -0.3 is 4.79 Å². The van der Waals surface area contributed by atoms with Gasteiger partial charge in [-0.2, -0.15) is 0 Å². The van der Waals surface area contributed by atoms with Crippen molar-refractivity contribution in [2.45, 2.75) is 143 Å². The van der Waals surface area contributed by atoms with Gasteiger partial charge in [0.25, 0.3) is 0 Å². The molecule has 1 heteroatoms. The van der Waals surface area contributed by atoms with Crippen molar-refractivity contribution in [1.82, 2.24) is 0 Å². The average molecular weight is 353 g/mol. The van der Waals surface area contributed by atoms with Gasteiger partial charge in [-0.25, -0.2) is 0 Å². The van der Waals surface area contributed by atoms with E-state index in [-0.39, 0.29) is 5.41 Å². The Bertz CT molecular complexity index is 269. The summed E-state index contributed by atoms with van der Waals surface area (Å²) in [5.41, 5.74) is -0.102. The average Bonchev–Trinajstić information content (AvgIpc) is 2.60. The minimum absolute atomic E-state index is 0.102. The topological polar surface area (TPSA) is 17.1 Å². The summed E-state index contributed by atoms with van der Waals surface area (Å²) in [6, 6.07) is 0. The van der Waals surface area contributed by atoms with Crippen molar-refractivity contribution in [2.24, 2.45) is 5.41 Å². The summed E-state index contributed by atoms with van der Waals surface area (Å²) in [6.45, 7) is 6.39. The fourth-order valence-electron chi connectivity index (χ4n) is 3.54. The highest BCUT2D eigenvalue weighted by atomic mass is 16.1. The van der Waals surface area contributed by atoms with Crippen molar-refractivity contribution in [2.75, 3.05) is 0 Å². The molecule has 0 fully saturated rings. The minimum Gasteiger partial charge on any atom is -0.303 e. The molecule has 0 aliphatic carbocycles. The summed E-state index contributed by atoms with van der Waals surface area (Å²) in [6.07, 6.45) is 27.6. The molecule has 0 saturated carbocycles. The van der Waals surface area contributed by atoms with E-state index < -0.39 is 0 Å². The van der Waals surface area contributed by atoms with Crippen LogP contribution in [0.25, 0.3) is 0 Å². The first-order valence-electron chi connectivity index (χ1n) is 11.6. The van der Waals surface area contributed by atoms with Crippen LogP contribution in [0.5, 0.6) is 0 Å². The second kappa shape index (κ2) is 18.5. The van der Waals surface area contributed by atoms with E-state index in [4.69, 9.17) is 0 Å². The first-order chi connectivity index (χ1) is 12.1. The van der Waals surface area contributed by atoms with Gasteiger partial charge in [0.05, 0.1) is 0 Å². The normalized spacial score (nSPS) is 11.8. The standard InChI is InChI=1S/C24H48O/c1-4-5-6-7-8-9-10-11-12-13-14-15-16-17-18-19-20-21-22-24(2,3)23-25/h23H,4-22H2,1-3H3. The zero-order valence-electron chi connectivity index (χ0n) is 17.9. The Hall–Kier alpha value is -0.330. The van der Waals surface area contributed by atoms with Gasteiger partial charge in [0, 0.05) is 5.41 Å². The Morgan fingerprint density at radius 2 is 0.800 bits per heavy atom. The van der Waals surface area contributed by atoms with E-state index in [1.54, 1.807) is 0 Å². The molecular weight excluding hydrogens is 304 g/mol. The number of unbranched alkanes of at least 4 members (excludes halogenated alkanes) is 17. The fourth-order valence-corrected chi connectivity index (χ4v) is 3.54. The van der Waals surface area contributed by atoms with Gasteiger partial charge >= 0.3 is 0 Å². The molecule has 0 aromatic carbocycles. The molecule has 0 radical (unpaired) electrons. The van der Waals surface area contributed by atoms with E-state index in [0.717, 1.165) is 12.7 Å². The summed E-state index contributed by atoms with van der Waals surface area (Å²) in [5, 5.41) is 0. The van der Waals surface area contributed by atoms with Crippen LogP contribution in [-0.4, -0.2) is 6.29 Å². The molecule has 0 bridgehead atoms. The Morgan fingerprint density at radius 3 is 1.08 bits per heavy atom. The van der Waals surface area contributed by atoms with Crippen LogP contribution in [0.15, 0.2) is 0 Å². The third-order valence-corrected chi connectivity index (χ3v) is 5.49. The van der Waals surface area contributed by atoms with Crippen LogP contribution in [0.4, 0.5) is 0 Å². The largest absolute Gasteiger partial charge is 0.303 e. The van der Waals surface area contributed by atoms with E-state index in [9.17, 15) is 4.79 Å². The molecular formula is C24H48O. The maximum atomic E-state index is 10.8. The Labute approximate surface area is 159 Å². The van der Waals surface area contributed by atoms with E-state index in [1.807, 2.05) is 13.8 Å². The predicted molar refractivity (Wildman–Crippen MR) is 113 cm³/mol. The van der Waals surface area contributed by atoms with Crippen LogP contribution in [0.1, 0.15) is 143 Å². The van der Waals surface area contributed by atoms with E-state index in [0.29, 0.717) is 0 Å². The second-order valence-electron chi connectivity index (χ2n) is 8.87. The maximum absolute atomic E-state index is 10.8. The lowest BCUT2D eigenvalue weighted by Crippen LogP contribution is -2.12. The molecule has 0 atom stereocenters. The SMILES string of the molecule is CCCCCCCCCCCCCCCCCCCCC(C)(C)C=O. The minimum atomic E-state index is -0.102. The Kier molecular flexibility index (Phi) is 18.2. The fraction of sp³-hybridized carbons (Fsp3) is 0.958. The molecule has 0 heterocycles. The summed E-state index contributed by atoms with van der Waals surface area (Å²) >= 11 is 0. The highest BCUT2D eigenvalue weighted by molar-refractivity contribution is 5.57. The number of hydrogen-bond acceptors (Lipinski definition) is 1. The lowest BCUT2D eigenvalue weighted by atomic mass is 9.88. The van der Waals surface area contributed by atoms with E-state index in [2.05, 4.69) is 6.92 Å². The quantitative estimate of drug-likeness (QED) is 0.158. The molecule has 25 heavy (non-hydrogen) atoms. The molecule has 0 aliphatic heterocycles. The summed E-state index contributed by atoms with van der Waals surface area (Å²) in [4.78, 5) is 10.8. The molecule has 0 spiro atoms. The van der Waals surface area contributed by atoms with Crippen molar-refractivity contribution in [3.63, 3.8) is 0 Å². The van der Waals surface area contributed by atoms with Crippen LogP contribution >= 0.6 is 0 Å². The highest BCUT2D eigenvalue weighted by Gasteiger charge is 2.14. The van der Waals surface area contributed by atoms with Gasteiger partial charge in [-0.15, -0.1) is 0 Å². The highest BCUT2D eigenvalue weighted by Crippen LogP contribution is 2.21. The van der Waals surface area contributed by atoms with Gasteiger partial charge in [0.1, 0.15) is 6.29 Å². The first kappa shape index (κ1) is 24.7. The van der Waals surface area contributed by atoms with Gasteiger partial charge in [0.2, 0.25) is 0 Å². The van der Waals surface area contributed by atoms with Crippen LogP contribution in [0.2, 0.25) is 0 Å². The summed E-state index contributed by atoms with van der Waals surface area (Å²) in [5.74, 6) is 0. The van der Waals surface area contributed by atoms with Crippen molar-refractivity contribution in [1.29, 1.82) is 0 Å². The summed E-state index contributed by atoms with van der Waals surface area (Å²) < 4.78 is 0. The van der Waals surface area contributed by atoms with Crippen LogP contribution < -0.4 is 0 Å². The van der Waals surface area contributed by atoms with Gasteiger partial charge in [0.15, 0.2) is 0 Å². The molecule has 150 valence electrons. The third kappa shape index (κ3) is 19.8. The molecule has 0 unspecified atom stereocenters. The van der Waals surface area contributed by atoms with Crippen molar-refractivity contribution >= 4 is 6.29 Å². The number of carbonyl (C=O) groups is 1. The molecule has 0 rings (SSSR count). The Morgan fingerprint density at radius 1 is 0.520 bits per heavy atom. The summed E-state index contributed by atoms with van der Waals surface area (Å²) in [7, 11) is 0. The van der Waals surface area contributed by atoms with Gasteiger partial charge in [-0.3, -0.25) is 0 Å².